The molecule has 4 unspecified atom stereocenters. The van der Waals surface area contributed by atoms with Gasteiger partial charge < -0.3 is 31.1 Å². The molecule has 2 heterocycles. The van der Waals surface area contributed by atoms with Crippen LogP contribution in [0.25, 0.3) is 11.2 Å². The molecule has 0 spiro atoms. The minimum atomic E-state index is -1.55. The SMILES string of the molecule is CCCCNc1nc(SCCC)nc2c1nnn2C1CC(CCC(=O)N[C@@H](CC(=O)O)C(=O)O)C(O)C1O. The van der Waals surface area contributed by atoms with Gasteiger partial charge >= 0.3 is 11.9 Å². The van der Waals surface area contributed by atoms with Gasteiger partial charge in [-0.25, -0.2) is 19.4 Å². The van der Waals surface area contributed by atoms with Gasteiger partial charge in [0.2, 0.25) is 5.91 Å². The number of aliphatic carboxylic acids is 2. The zero-order valence-electron chi connectivity index (χ0n) is 21.4. The van der Waals surface area contributed by atoms with Crippen LogP contribution in [-0.2, 0) is 14.4 Å². The zero-order valence-corrected chi connectivity index (χ0v) is 22.2. The van der Waals surface area contributed by atoms with Gasteiger partial charge in [-0.05, 0) is 31.6 Å². The predicted octanol–water partition coefficient (Wildman–Crippen LogP) is 1.04. The van der Waals surface area contributed by atoms with Crippen LogP contribution in [-0.4, -0.2) is 93.8 Å². The van der Waals surface area contributed by atoms with E-state index in [4.69, 9.17) is 10.2 Å². The van der Waals surface area contributed by atoms with Gasteiger partial charge in [0, 0.05) is 18.7 Å². The summed E-state index contributed by atoms with van der Waals surface area (Å²) in [5.74, 6) is -2.55. The lowest BCUT2D eigenvalue weighted by molar-refractivity contribution is -0.147. The number of anilines is 1. The molecule has 0 radical (unpaired) electrons. The maximum Gasteiger partial charge on any atom is 0.326 e. The smallest absolute Gasteiger partial charge is 0.326 e. The molecule has 15 heteroatoms. The van der Waals surface area contributed by atoms with Gasteiger partial charge in [-0.1, -0.05) is 37.2 Å². The Balaban J connectivity index is 1.75. The van der Waals surface area contributed by atoms with E-state index in [0.29, 0.717) is 28.7 Å². The first kappa shape index (κ1) is 29.5. The number of hydrogen-bond acceptors (Lipinski definition) is 11. The number of rotatable bonds is 15. The fourth-order valence-corrected chi connectivity index (χ4v) is 5.08. The molecule has 0 aromatic carbocycles. The van der Waals surface area contributed by atoms with Crippen LogP contribution in [0.15, 0.2) is 5.16 Å². The van der Waals surface area contributed by atoms with Crippen molar-refractivity contribution in [2.45, 2.75) is 88.2 Å². The first-order chi connectivity index (χ1) is 18.2. The third-order valence-electron chi connectivity index (χ3n) is 6.40. The molecule has 6 N–H and O–H groups in total. The van der Waals surface area contributed by atoms with Gasteiger partial charge in [0.05, 0.1) is 18.6 Å². The lowest BCUT2D eigenvalue weighted by atomic mass is 9.98. The largest absolute Gasteiger partial charge is 0.481 e. The van der Waals surface area contributed by atoms with Crippen molar-refractivity contribution in [3.63, 3.8) is 0 Å². The molecule has 0 aliphatic heterocycles. The summed E-state index contributed by atoms with van der Waals surface area (Å²) < 4.78 is 1.50. The third kappa shape index (κ3) is 7.29. The van der Waals surface area contributed by atoms with E-state index in [1.165, 1.54) is 16.4 Å². The second-order valence-electron chi connectivity index (χ2n) is 9.33. The van der Waals surface area contributed by atoms with Crippen molar-refractivity contribution in [3.05, 3.63) is 0 Å². The second kappa shape index (κ2) is 13.7. The number of aromatic nitrogens is 5. The number of thioether (sulfide) groups is 1. The number of carbonyl (C=O) groups excluding carboxylic acids is 1. The molecule has 2 aromatic heterocycles. The molecule has 0 saturated heterocycles. The molecular weight excluding hydrogens is 518 g/mol. The lowest BCUT2D eigenvalue weighted by Gasteiger charge is -2.17. The Morgan fingerprint density at radius 1 is 1.13 bits per heavy atom. The van der Waals surface area contributed by atoms with Gasteiger partial charge in [-0.3, -0.25) is 9.59 Å². The fraction of sp³-hybridized carbons (Fsp3) is 0.696. The maximum absolute atomic E-state index is 12.3. The summed E-state index contributed by atoms with van der Waals surface area (Å²) in [6.07, 6.45) is 0.0982. The molecule has 5 atom stereocenters. The Morgan fingerprint density at radius 2 is 1.89 bits per heavy atom. The average Bonchev–Trinajstić information content (AvgIpc) is 3.41. The van der Waals surface area contributed by atoms with Gasteiger partial charge in [-0.2, -0.15) is 0 Å². The number of nitrogens with zero attached hydrogens (tertiary/aromatic N) is 5. The molecule has 0 bridgehead atoms. The molecule has 1 aliphatic rings. The van der Waals surface area contributed by atoms with Crippen LogP contribution >= 0.6 is 11.8 Å². The van der Waals surface area contributed by atoms with E-state index in [0.717, 1.165) is 25.0 Å². The molecule has 1 amide bonds. The van der Waals surface area contributed by atoms with Crippen molar-refractivity contribution in [3.8, 4) is 0 Å². The van der Waals surface area contributed by atoms with Crippen LogP contribution in [0.3, 0.4) is 0 Å². The van der Waals surface area contributed by atoms with E-state index in [1.54, 1.807) is 0 Å². The molecule has 14 nitrogen and oxygen atoms in total. The summed E-state index contributed by atoms with van der Waals surface area (Å²) in [5.41, 5.74) is 0.898. The molecular formula is C23H35N7O7S. The Morgan fingerprint density at radius 3 is 2.55 bits per heavy atom. The number of hydrogen-bond donors (Lipinski definition) is 6. The average molecular weight is 554 g/mol. The van der Waals surface area contributed by atoms with E-state index in [-0.39, 0.29) is 19.3 Å². The zero-order chi connectivity index (χ0) is 27.8. The van der Waals surface area contributed by atoms with Crippen LogP contribution in [0.1, 0.15) is 64.8 Å². The quantitative estimate of drug-likeness (QED) is 0.103. The van der Waals surface area contributed by atoms with Crippen LogP contribution in [0, 0.1) is 5.92 Å². The number of nitrogens with one attached hydrogen (secondary N) is 2. The van der Waals surface area contributed by atoms with Crippen molar-refractivity contribution >= 4 is 46.6 Å². The van der Waals surface area contributed by atoms with Crippen LogP contribution in [0.5, 0.6) is 0 Å². The highest BCUT2D eigenvalue weighted by atomic mass is 32.2. The molecule has 210 valence electrons. The Labute approximate surface area is 223 Å². The van der Waals surface area contributed by atoms with Gasteiger partial charge in [0.25, 0.3) is 0 Å². The number of carboxylic acid groups (broad SMARTS) is 2. The van der Waals surface area contributed by atoms with Crippen molar-refractivity contribution in [1.29, 1.82) is 0 Å². The Hall–Kier alpha value is -3.04. The summed E-state index contributed by atoms with van der Waals surface area (Å²) in [5, 5.41) is 54.0. The number of carbonyl (C=O) groups is 3. The molecule has 1 fully saturated rings. The number of fused-ring (bicyclic) bond motifs is 1. The highest BCUT2D eigenvalue weighted by Crippen LogP contribution is 2.39. The van der Waals surface area contributed by atoms with Gasteiger partial charge in [0.1, 0.15) is 12.1 Å². The standard InChI is InChI=1S/C23H35N7O7S/c1-3-5-8-24-20-17-21(27-23(26-20)38-9-4-2)30(29-28-17)14-10-12(18(34)19(14)35)6-7-15(31)25-13(22(36)37)11-16(32)33/h12-14,18-19,34-35H,3-11H2,1-2H3,(H,25,31)(H,32,33)(H,36,37)(H,24,26,27)/t12?,13-,14?,18?,19?/m0/s1. The monoisotopic (exact) mass is 553 g/mol. The topological polar surface area (TPSA) is 213 Å². The Kier molecular flexibility index (Phi) is 10.6. The lowest BCUT2D eigenvalue weighted by Crippen LogP contribution is -2.42. The number of amides is 1. The number of aliphatic hydroxyl groups is 2. The van der Waals surface area contributed by atoms with Crippen LogP contribution < -0.4 is 10.6 Å². The fourth-order valence-electron chi connectivity index (χ4n) is 4.38. The number of unbranched alkanes of at least 4 members (excludes halogenated alkanes) is 1. The van der Waals surface area contributed by atoms with Crippen molar-refractivity contribution in [2.24, 2.45) is 5.92 Å². The predicted molar refractivity (Wildman–Crippen MR) is 138 cm³/mol. The summed E-state index contributed by atoms with van der Waals surface area (Å²) in [7, 11) is 0. The van der Waals surface area contributed by atoms with Crippen molar-refractivity contribution in [1.82, 2.24) is 30.3 Å². The Bertz CT molecular complexity index is 1130. The maximum atomic E-state index is 12.3. The summed E-state index contributed by atoms with van der Waals surface area (Å²) in [6.45, 7) is 4.85. The van der Waals surface area contributed by atoms with Crippen molar-refractivity contribution < 1.29 is 34.8 Å². The summed E-state index contributed by atoms with van der Waals surface area (Å²) in [4.78, 5) is 43.5. The minimum absolute atomic E-state index is 0.145. The molecule has 2 aromatic rings. The minimum Gasteiger partial charge on any atom is -0.481 e. The third-order valence-corrected chi connectivity index (χ3v) is 7.45. The second-order valence-corrected chi connectivity index (χ2v) is 10.4. The molecule has 38 heavy (non-hydrogen) atoms. The molecule has 1 saturated carbocycles. The normalized spacial score (nSPS) is 21.9. The van der Waals surface area contributed by atoms with E-state index in [2.05, 4.69) is 44.8 Å². The summed E-state index contributed by atoms with van der Waals surface area (Å²) in [6, 6.07) is -2.20. The van der Waals surface area contributed by atoms with Gasteiger partial charge in [0.15, 0.2) is 22.1 Å². The number of carboxylic acids is 2. The molecule has 3 rings (SSSR count). The first-order valence-electron chi connectivity index (χ1n) is 12.8. The van der Waals surface area contributed by atoms with E-state index < -0.39 is 54.5 Å². The van der Waals surface area contributed by atoms with Crippen LogP contribution in [0.4, 0.5) is 5.82 Å². The highest BCUT2D eigenvalue weighted by molar-refractivity contribution is 7.99. The van der Waals surface area contributed by atoms with E-state index in [9.17, 15) is 24.6 Å². The number of aliphatic hydroxyl groups excluding tert-OH is 2. The first-order valence-corrected chi connectivity index (χ1v) is 13.7. The highest BCUT2D eigenvalue weighted by Gasteiger charge is 2.44. The van der Waals surface area contributed by atoms with Crippen LogP contribution in [0.2, 0.25) is 0 Å². The van der Waals surface area contributed by atoms with Crippen molar-refractivity contribution in [2.75, 3.05) is 17.6 Å². The molecule has 1 aliphatic carbocycles. The van der Waals surface area contributed by atoms with E-state index >= 15 is 0 Å². The van der Waals surface area contributed by atoms with Gasteiger partial charge in [-0.15, -0.1) is 5.10 Å². The van der Waals surface area contributed by atoms with E-state index in [1.807, 2.05) is 0 Å². The summed E-state index contributed by atoms with van der Waals surface area (Å²) >= 11 is 1.50.